The van der Waals surface area contributed by atoms with E-state index in [2.05, 4.69) is 16.2 Å². The second-order valence-electron chi connectivity index (χ2n) is 6.86. The van der Waals surface area contributed by atoms with Gasteiger partial charge in [0.25, 0.3) is 11.8 Å². The molecule has 3 amide bonds. The highest BCUT2D eigenvalue weighted by Gasteiger charge is 2.12. The van der Waals surface area contributed by atoms with Crippen molar-refractivity contribution in [1.29, 1.82) is 0 Å². The Morgan fingerprint density at radius 2 is 1.68 bits per heavy atom. The molecule has 164 valence electrons. The molecule has 2 rings (SSSR count). The van der Waals surface area contributed by atoms with Crippen LogP contribution in [0.3, 0.4) is 0 Å². The predicted molar refractivity (Wildman–Crippen MR) is 116 cm³/mol. The molecule has 0 radical (unpaired) electrons. The number of aryl methyl sites for hydroxylation is 2. The van der Waals surface area contributed by atoms with Crippen molar-refractivity contribution in [2.24, 2.45) is 0 Å². The number of anilines is 1. The van der Waals surface area contributed by atoms with Gasteiger partial charge >= 0.3 is 5.97 Å². The number of nitrogens with one attached hydrogen (secondary N) is 3. The summed E-state index contributed by atoms with van der Waals surface area (Å²) in [6.45, 7) is 3.41. The maximum Gasteiger partial charge on any atom is 0.306 e. The quantitative estimate of drug-likeness (QED) is 0.427. The van der Waals surface area contributed by atoms with Crippen LogP contribution in [-0.4, -0.2) is 30.3 Å². The molecule has 0 heterocycles. The van der Waals surface area contributed by atoms with Gasteiger partial charge < -0.3 is 10.1 Å². The fourth-order valence-electron chi connectivity index (χ4n) is 2.65. The number of hydrogen-bond donors (Lipinski definition) is 3. The van der Waals surface area contributed by atoms with Gasteiger partial charge in [0.15, 0.2) is 6.61 Å². The number of benzene rings is 2. The van der Waals surface area contributed by atoms with Crippen molar-refractivity contribution in [2.45, 2.75) is 33.1 Å². The molecule has 2 aromatic rings. The van der Waals surface area contributed by atoms with Gasteiger partial charge in [-0.1, -0.05) is 41.4 Å². The number of carbonyl (C=O) groups excluding carboxylic acids is 4. The van der Waals surface area contributed by atoms with E-state index in [4.69, 9.17) is 16.3 Å². The summed E-state index contributed by atoms with van der Waals surface area (Å²) in [6, 6.07) is 12.0. The van der Waals surface area contributed by atoms with Crippen LogP contribution in [0.4, 0.5) is 5.69 Å². The molecule has 3 N–H and O–H groups in total. The maximum atomic E-state index is 11.9. The van der Waals surface area contributed by atoms with Crippen molar-refractivity contribution in [3.8, 4) is 0 Å². The van der Waals surface area contributed by atoms with Crippen LogP contribution in [0.15, 0.2) is 42.5 Å². The van der Waals surface area contributed by atoms with E-state index in [1.807, 2.05) is 26.0 Å². The lowest BCUT2D eigenvalue weighted by Gasteiger charge is -2.10. The summed E-state index contributed by atoms with van der Waals surface area (Å²) in [5, 5.41) is 2.94. The van der Waals surface area contributed by atoms with Crippen LogP contribution in [0.2, 0.25) is 5.02 Å². The SMILES string of the molecule is Cc1ccc(NC(=O)COC(=O)CCCC(=O)NNC(=O)c2ccccc2Cl)c(C)c1. The van der Waals surface area contributed by atoms with Crippen molar-refractivity contribution >= 4 is 41.0 Å². The molecule has 0 aliphatic carbocycles. The van der Waals surface area contributed by atoms with Gasteiger partial charge in [0, 0.05) is 18.5 Å². The first-order valence-electron chi connectivity index (χ1n) is 9.62. The van der Waals surface area contributed by atoms with Crippen LogP contribution in [0.25, 0.3) is 0 Å². The first kappa shape index (κ1) is 23.9. The molecule has 9 heteroatoms. The molecule has 0 saturated carbocycles. The second-order valence-corrected chi connectivity index (χ2v) is 7.27. The second kappa shape index (κ2) is 11.7. The third-order valence-corrected chi connectivity index (χ3v) is 4.57. The summed E-state index contributed by atoms with van der Waals surface area (Å²) in [5.74, 6) is -2.06. The Morgan fingerprint density at radius 1 is 0.935 bits per heavy atom. The number of amides is 3. The monoisotopic (exact) mass is 445 g/mol. The smallest absolute Gasteiger partial charge is 0.306 e. The first-order valence-corrected chi connectivity index (χ1v) is 10.0. The van der Waals surface area contributed by atoms with Gasteiger partial charge in [-0.2, -0.15) is 0 Å². The van der Waals surface area contributed by atoms with Crippen molar-refractivity contribution < 1.29 is 23.9 Å². The van der Waals surface area contributed by atoms with E-state index in [-0.39, 0.29) is 29.8 Å². The molecule has 0 aliphatic heterocycles. The Hall–Kier alpha value is -3.39. The van der Waals surface area contributed by atoms with Crippen LogP contribution in [0.5, 0.6) is 0 Å². The van der Waals surface area contributed by atoms with Crippen molar-refractivity contribution in [1.82, 2.24) is 10.9 Å². The molecule has 0 aliphatic rings. The van der Waals surface area contributed by atoms with Crippen LogP contribution in [0.1, 0.15) is 40.7 Å². The zero-order valence-electron chi connectivity index (χ0n) is 17.3. The highest BCUT2D eigenvalue weighted by Crippen LogP contribution is 2.16. The van der Waals surface area contributed by atoms with Gasteiger partial charge in [-0.3, -0.25) is 30.0 Å². The van der Waals surface area contributed by atoms with E-state index < -0.39 is 30.3 Å². The van der Waals surface area contributed by atoms with Crippen LogP contribution in [0, 0.1) is 13.8 Å². The maximum absolute atomic E-state index is 11.9. The Bertz CT molecular complexity index is 977. The van der Waals surface area contributed by atoms with E-state index in [9.17, 15) is 19.2 Å². The third-order valence-electron chi connectivity index (χ3n) is 4.24. The van der Waals surface area contributed by atoms with E-state index in [0.29, 0.717) is 5.69 Å². The minimum atomic E-state index is -0.594. The lowest BCUT2D eigenvalue weighted by atomic mass is 10.1. The van der Waals surface area contributed by atoms with Crippen LogP contribution < -0.4 is 16.2 Å². The lowest BCUT2D eigenvalue weighted by molar-refractivity contribution is -0.147. The van der Waals surface area contributed by atoms with Crippen LogP contribution in [-0.2, 0) is 19.1 Å². The summed E-state index contributed by atoms with van der Waals surface area (Å²) < 4.78 is 4.92. The topological polar surface area (TPSA) is 114 Å². The summed E-state index contributed by atoms with van der Waals surface area (Å²) in [4.78, 5) is 47.4. The zero-order chi connectivity index (χ0) is 22.8. The van der Waals surface area contributed by atoms with E-state index in [1.54, 1.807) is 24.3 Å². The first-order chi connectivity index (χ1) is 14.8. The number of halogens is 1. The molecule has 0 bridgehead atoms. The van der Waals surface area contributed by atoms with E-state index in [1.165, 1.54) is 6.07 Å². The Kier molecular flexibility index (Phi) is 9.02. The minimum absolute atomic E-state index is 0.00728. The Morgan fingerprint density at radius 3 is 2.39 bits per heavy atom. The van der Waals surface area contributed by atoms with Gasteiger partial charge in [-0.05, 0) is 44.0 Å². The number of esters is 1. The Labute approximate surface area is 185 Å². The van der Waals surface area contributed by atoms with Gasteiger partial charge in [0.2, 0.25) is 5.91 Å². The average molecular weight is 446 g/mol. The Balaban J connectivity index is 1.62. The van der Waals surface area contributed by atoms with Crippen molar-refractivity contribution in [3.63, 3.8) is 0 Å². The van der Waals surface area contributed by atoms with Crippen molar-refractivity contribution in [3.05, 3.63) is 64.2 Å². The van der Waals surface area contributed by atoms with Gasteiger partial charge in [-0.25, -0.2) is 0 Å². The lowest BCUT2D eigenvalue weighted by Crippen LogP contribution is -2.41. The fraction of sp³-hybridized carbons (Fsp3) is 0.273. The van der Waals surface area contributed by atoms with Gasteiger partial charge in [-0.15, -0.1) is 0 Å². The molecule has 8 nitrogen and oxygen atoms in total. The molecular formula is C22H24ClN3O5. The van der Waals surface area contributed by atoms with E-state index in [0.717, 1.165) is 11.1 Å². The molecule has 2 aromatic carbocycles. The summed E-state index contributed by atoms with van der Waals surface area (Å²) in [7, 11) is 0. The standard InChI is InChI=1S/C22H24ClN3O5/c1-14-10-11-18(15(2)12-14)24-20(28)13-31-21(29)9-5-8-19(27)25-26-22(30)16-6-3-4-7-17(16)23/h3-4,6-7,10-12H,5,8-9,13H2,1-2H3,(H,24,28)(H,25,27)(H,26,30). The number of hydrazine groups is 1. The molecular weight excluding hydrogens is 422 g/mol. The number of hydrogen-bond acceptors (Lipinski definition) is 5. The summed E-state index contributed by atoms with van der Waals surface area (Å²) >= 11 is 5.91. The predicted octanol–water partition coefficient (Wildman–Crippen LogP) is 3.07. The highest BCUT2D eigenvalue weighted by molar-refractivity contribution is 6.33. The molecule has 0 atom stereocenters. The summed E-state index contributed by atoms with van der Waals surface area (Å²) in [6.07, 6.45) is 0.153. The molecule has 0 unspecified atom stereocenters. The minimum Gasteiger partial charge on any atom is -0.456 e. The average Bonchev–Trinajstić information content (AvgIpc) is 2.73. The molecule has 0 aromatic heterocycles. The van der Waals surface area contributed by atoms with Crippen LogP contribution >= 0.6 is 11.6 Å². The zero-order valence-corrected chi connectivity index (χ0v) is 18.0. The number of ether oxygens (including phenoxy) is 1. The third kappa shape index (κ3) is 8.10. The van der Waals surface area contributed by atoms with Gasteiger partial charge in [0.05, 0.1) is 10.6 Å². The number of rotatable bonds is 8. The molecule has 0 saturated heterocycles. The molecule has 0 fully saturated rings. The van der Waals surface area contributed by atoms with Crippen molar-refractivity contribution in [2.75, 3.05) is 11.9 Å². The molecule has 31 heavy (non-hydrogen) atoms. The summed E-state index contributed by atoms with van der Waals surface area (Å²) in [5.41, 5.74) is 7.38. The fourth-order valence-corrected chi connectivity index (χ4v) is 2.87. The number of carbonyl (C=O) groups is 4. The highest BCUT2D eigenvalue weighted by atomic mass is 35.5. The van der Waals surface area contributed by atoms with Gasteiger partial charge in [0.1, 0.15) is 0 Å². The molecule has 0 spiro atoms. The normalized spacial score (nSPS) is 10.2. The van der Waals surface area contributed by atoms with E-state index >= 15 is 0 Å². The largest absolute Gasteiger partial charge is 0.456 e.